The number of thiophene rings is 2. The molecule has 5 heterocycles. The van der Waals surface area contributed by atoms with Gasteiger partial charge in [-0.1, -0.05) is 18.2 Å². The van der Waals surface area contributed by atoms with Gasteiger partial charge in [0.25, 0.3) is 0 Å². The highest BCUT2D eigenvalue weighted by Crippen LogP contribution is 2.45. The molecule has 5 heteroatoms. The van der Waals surface area contributed by atoms with Crippen LogP contribution >= 0.6 is 22.7 Å². The van der Waals surface area contributed by atoms with Gasteiger partial charge >= 0.3 is 0 Å². The number of imidazole rings is 1. The van der Waals surface area contributed by atoms with Crippen molar-refractivity contribution in [2.24, 2.45) is 0 Å². The predicted octanol–water partition coefficient (Wildman–Crippen LogP) is 7.77. The van der Waals surface area contributed by atoms with Gasteiger partial charge in [0.1, 0.15) is 5.65 Å². The molecule has 0 N–H and O–H groups in total. The minimum atomic E-state index is 0.981. The van der Waals surface area contributed by atoms with Crippen LogP contribution in [0.3, 0.4) is 0 Å². The van der Waals surface area contributed by atoms with Gasteiger partial charge in [-0.2, -0.15) is 0 Å². The highest BCUT2D eigenvalue weighted by Gasteiger charge is 2.16. The molecule has 0 bridgehead atoms. The Labute approximate surface area is 183 Å². The molecule has 5 aromatic heterocycles. The lowest BCUT2D eigenvalue weighted by Crippen LogP contribution is -1.91. The molecule has 0 aliphatic carbocycles. The maximum Gasteiger partial charge on any atom is 0.145 e. The van der Waals surface area contributed by atoms with E-state index in [1.165, 1.54) is 51.2 Å². The molecular weight excluding hydrogens is 418 g/mol. The second kappa shape index (κ2) is 5.58. The molecular formula is C26H13N3S2. The van der Waals surface area contributed by atoms with E-state index in [4.69, 9.17) is 0 Å². The highest BCUT2D eigenvalue weighted by atomic mass is 32.1. The van der Waals surface area contributed by atoms with Gasteiger partial charge in [-0.25, -0.2) is 4.98 Å². The van der Waals surface area contributed by atoms with Gasteiger partial charge in [-0.15, -0.1) is 22.7 Å². The summed E-state index contributed by atoms with van der Waals surface area (Å²) >= 11 is 3.76. The van der Waals surface area contributed by atoms with E-state index in [1.807, 2.05) is 41.3 Å². The number of nitrogens with zero attached hydrogens (tertiary/aromatic N) is 3. The molecule has 0 aliphatic heterocycles. The molecule has 8 aromatic rings. The number of fused-ring (bicyclic) bond motifs is 13. The molecule has 0 radical (unpaired) electrons. The summed E-state index contributed by atoms with van der Waals surface area (Å²) in [7, 11) is 0. The fourth-order valence-electron chi connectivity index (χ4n) is 5.03. The zero-order valence-electron chi connectivity index (χ0n) is 16.2. The topological polar surface area (TPSA) is 30.2 Å². The number of rotatable bonds is 0. The van der Waals surface area contributed by atoms with Crippen LogP contribution < -0.4 is 0 Å². The van der Waals surface area contributed by atoms with Crippen LogP contribution in [0.2, 0.25) is 0 Å². The Kier molecular flexibility index (Phi) is 2.91. The lowest BCUT2D eigenvalue weighted by atomic mass is 10.0. The first kappa shape index (κ1) is 16.2. The molecule has 0 saturated heterocycles. The molecule has 0 atom stereocenters. The molecule has 0 aliphatic rings. The van der Waals surface area contributed by atoms with E-state index in [-0.39, 0.29) is 0 Å². The monoisotopic (exact) mass is 431 g/mol. The first-order chi connectivity index (χ1) is 15.4. The fraction of sp³-hybridized carbons (Fsp3) is 0. The smallest absolute Gasteiger partial charge is 0.145 e. The van der Waals surface area contributed by atoms with Gasteiger partial charge in [-0.3, -0.25) is 9.38 Å². The predicted molar refractivity (Wildman–Crippen MR) is 134 cm³/mol. The Bertz CT molecular complexity index is 2010. The average Bonchev–Trinajstić information content (AvgIpc) is 3.52. The van der Waals surface area contributed by atoms with E-state index >= 15 is 0 Å². The van der Waals surface area contributed by atoms with E-state index in [0.29, 0.717) is 0 Å². The SMILES string of the molecule is c1ccc2c(c1)sc1ccc3sc4cc5c6cnccc6c6nccn6c5cc4c3c12. The van der Waals surface area contributed by atoms with Gasteiger partial charge in [-0.05, 0) is 36.4 Å². The van der Waals surface area contributed by atoms with E-state index < -0.39 is 0 Å². The Morgan fingerprint density at radius 3 is 2.42 bits per heavy atom. The fourth-order valence-corrected chi connectivity index (χ4v) is 7.28. The van der Waals surface area contributed by atoms with Crippen LogP contribution in [0.1, 0.15) is 0 Å². The summed E-state index contributed by atoms with van der Waals surface area (Å²) in [5, 5.41) is 8.94. The minimum absolute atomic E-state index is 0.981. The molecule has 3 aromatic carbocycles. The van der Waals surface area contributed by atoms with E-state index in [2.05, 4.69) is 75.2 Å². The summed E-state index contributed by atoms with van der Waals surface area (Å²) in [6.07, 6.45) is 7.76. The molecule has 0 unspecified atom stereocenters. The van der Waals surface area contributed by atoms with Gasteiger partial charge in [0, 0.05) is 81.3 Å². The van der Waals surface area contributed by atoms with Crippen molar-refractivity contribution >= 4 is 90.3 Å². The molecule has 144 valence electrons. The molecule has 0 saturated carbocycles. The zero-order valence-corrected chi connectivity index (χ0v) is 17.8. The van der Waals surface area contributed by atoms with Crippen molar-refractivity contribution < 1.29 is 0 Å². The first-order valence-electron chi connectivity index (χ1n) is 10.2. The Balaban J connectivity index is 1.67. The Hall–Kier alpha value is -3.54. The van der Waals surface area contributed by atoms with Crippen LogP contribution in [-0.2, 0) is 0 Å². The number of hydrogen-bond donors (Lipinski definition) is 0. The van der Waals surface area contributed by atoms with Crippen molar-refractivity contribution in [3.05, 3.63) is 79.4 Å². The summed E-state index contributed by atoms with van der Waals surface area (Å²) in [6, 6.07) is 20.1. The third-order valence-electron chi connectivity index (χ3n) is 6.34. The van der Waals surface area contributed by atoms with Crippen LogP contribution in [0.5, 0.6) is 0 Å². The van der Waals surface area contributed by atoms with Gasteiger partial charge in [0.05, 0.1) is 5.52 Å². The largest absolute Gasteiger partial charge is 0.299 e. The van der Waals surface area contributed by atoms with E-state index in [0.717, 1.165) is 16.4 Å². The zero-order chi connectivity index (χ0) is 20.1. The standard InChI is InChI=1S/C26H13N3S2/c1-2-4-20-15(3-1)24-21(30-20)5-6-22-25(24)17-11-19-16(12-23(17)31-22)18-13-27-8-7-14(18)26-28-9-10-29(19)26/h1-13H. The quantitative estimate of drug-likeness (QED) is 0.230. The second-order valence-corrected chi connectivity index (χ2v) is 10.1. The number of aromatic nitrogens is 3. The van der Waals surface area contributed by atoms with Crippen molar-refractivity contribution in [1.82, 2.24) is 14.4 Å². The molecule has 8 rings (SSSR count). The van der Waals surface area contributed by atoms with Crippen LogP contribution in [0.15, 0.2) is 79.4 Å². The Morgan fingerprint density at radius 1 is 0.645 bits per heavy atom. The van der Waals surface area contributed by atoms with Gasteiger partial charge in [0.2, 0.25) is 0 Å². The minimum Gasteiger partial charge on any atom is -0.299 e. The van der Waals surface area contributed by atoms with E-state index in [1.54, 1.807) is 0 Å². The third-order valence-corrected chi connectivity index (χ3v) is 8.60. The number of pyridine rings is 2. The Morgan fingerprint density at radius 2 is 1.48 bits per heavy atom. The normalized spacial score (nSPS) is 12.5. The summed E-state index contributed by atoms with van der Waals surface area (Å²) in [6.45, 7) is 0. The molecule has 31 heavy (non-hydrogen) atoms. The van der Waals surface area contributed by atoms with Crippen LogP contribution in [0.25, 0.3) is 67.7 Å². The highest BCUT2D eigenvalue weighted by molar-refractivity contribution is 7.28. The first-order valence-corrected chi connectivity index (χ1v) is 11.8. The number of hydrogen-bond acceptors (Lipinski definition) is 4. The third kappa shape index (κ3) is 1.98. The van der Waals surface area contributed by atoms with Crippen LogP contribution in [0, 0.1) is 0 Å². The van der Waals surface area contributed by atoms with Crippen LogP contribution in [0.4, 0.5) is 0 Å². The summed E-state index contributed by atoms with van der Waals surface area (Å²) < 4.78 is 7.57. The van der Waals surface area contributed by atoms with Crippen molar-refractivity contribution in [2.45, 2.75) is 0 Å². The molecule has 0 spiro atoms. The summed E-state index contributed by atoms with van der Waals surface area (Å²) in [5.74, 6) is 0. The lowest BCUT2D eigenvalue weighted by Gasteiger charge is -2.08. The van der Waals surface area contributed by atoms with Crippen molar-refractivity contribution in [2.75, 3.05) is 0 Å². The lowest BCUT2D eigenvalue weighted by molar-refractivity contribution is 1.27. The summed E-state index contributed by atoms with van der Waals surface area (Å²) in [5.41, 5.74) is 2.16. The average molecular weight is 432 g/mol. The molecule has 0 fully saturated rings. The summed E-state index contributed by atoms with van der Waals surface area (Å²) in [4.78, 5) is 9.06. The van der Waals surface area contributed by atoms with Gasteiger partial charge in [0.15, 0.2) is 0 Å². The maximum absolute atomic E-state index is 4.65. The van der Waals surface area contributed by atoms with Crippen molar-refractivity contribution in [1.29, 1.82) is 0 Å². The second-order valence-electron chi connectivity index (χ2n) is 7.92. The number of benzene rings is 3. The molecule has 0 amide bonds. The van der Waals surface area contributed by atoms with Crippen molar-refractivity contribution in [3.8, 4) is 0 Å². The molecule has 3 nitrogen and oxygen atoms in total. The van der Waals surface area contributed by atoms with Crippen LogP contribution in [-0.4, -0.2) is 14.4 Å². The van der Waals surface area contributed by atoms with E-state index in [9.17, 15) is 0 Å². The van der Waals surface area contributed by atoms with Gasteiger partial charge < -0.3 is 0 Å². The van der Waals surface area contributed by atoms with Crippen molar-refractivity contribution in [3.63, 3.8) is 0 Å². The maximum atomic E-state index is 4.65.